The minimum Gasteiger partial charge on any atom is -0.383 e. The minimum absolute atomic E-state index is 0. The van der Waals surface area contributed by atoms with Gasteiger partial charge in [0, 0.05) is 44.7 Å². The second kappa shape index (κ2) is 12.1. The number of ether oxygens (including phenoxy) is 1. The third kappa shape index (κ3) is 7.27. The summed E-state index contributed by atoms with van der Waals surface area (Å²) >= 11 is 5.80. The van der Waals surface area contributed by atoms with Gasteiger partial charge in [0.15, 0.2) is 5.96 Å². The molecule has 27 heavy (non-hydrogen) atoms. The fourth-order valence-electron chi connectivity index (χ4n) is 2.66. The van der Waals surface area contributed by atoms with Gasteiger partial charge in [0.2, 0.25) is 0 Å². The number of nitrogens with zero attached hydrogens (tertiary/aromatic N) is 4. The van der Waals surface area contributed by atoms with Crippen molar-refractivity contribution in [1.29, 1.82) is 0 Å². The van der Waals surface area contributed by atoms with E-state index in [1.165, 1.54) is 5.56 Å². The van der Waals surface area contributed by atoms with Gasteiger partial charge in [-0.3, -0.25) is 9.67 Å². The number of aryl methyl sites for hydroxylation is 1. The second-order valence-corrected chi connectivity index (χ2v) is 6.34. The number of hydrogen-bond donors (Lipinski definition) is 2. The molecule has 0 amide bonds. The van der Waals surface area contributed by atoms with E-state index in [2.05, 4.69) is 32.6 Å². The molecule has 7 nitrogen and oxygen atoms in total. The van der Waals surface area contributed by atoms with Gasteiger partial charge in [0.05, 0.1) is 18.8 Å². The van der Waals surface area contributed by atoms with E-state index in [0.29, 0.717) is 18.3 Å². The molecule has 0 aliphatic heterocycles. The van der Waals surface area contributed by atoms with Gasteiger partial charge in [-0.25, -0.2) is 4.98 Å². The molecule has 2 aromatic rings. The largest absolute Gasteiger partial charge is 0.383 e. The maximum atomic E-state index is 5.80. The van der Waals surface area contributed by atoms with Gasteiger partial charge in [-0.2, -0.15) is 5.10 Å². The Bertz CT molecular complexity index is 732. The van der Waals surface area contributed by atoms with Crippen molar-refractivity contribution in [3.63, 3.8) is 0 Å². The van der Waals surface area contributed by atoms with Crippen LogP contribution < -0.4 is 10.6 Å². The smallest absolute Gasteiger partial charge is 0.191 e. The third-order valence-electron chi connectivity index (χ3n) is 4.19. The molecular weight excluding hydrogens is 479 g/mol. The molecule has 0 radical (unpaired) electrons. The van der Waals surface area contributed by atoms with Crippen molar-refractivity contribution in [3.05, 3.63) is 46.0 Å². The number of rotatable bonds is 8. The summed E-state index contributed by atoms with van der Waals surface area (Å²) in [6, 6.07) is 3.78. The molecule has 0 bridgehead atoms. The molecule has 0 spiro atoms. The molecule has 0 aliphatic carbocycles. The number of nitrogens with one attached hydrogen (secondary N) is 2. The third-order valence-corrected chi connectivity index (χ3v) is 4.41. The van der Waals surface area contributed by atoms with Crippen LogP contribution in [-0.4, -0.2) is 48.0 Å². The minimum atomic E-state index is 0. The van der Waals surface area contributed by atoms with E-state index in [4.69, 9.17) is 16.3 Å². The van der Waals surface area contributed by atoms with Crippen molar-refractivity contribution in [2.75, 3.05) is 27.3 Å². The molecule has 0 saturated carbocycles. The monoisotopic (exact) mass is 506 g/mol. The van der Waals surface area contributed by atoms with Crippen LogP contribution in [0.2, 0.25) is 5.15 Å². The van der Waals surface area contributed by atoms with Crippen LogP contribution in [0, 0.1) is 13.8 Å². The highest BCUT2D eigenvalue weighted by atomic mass is 127. The molecular formula is C18H28ClIN6O. The van der Waals surface area contributed by atoms with E-state index in [-0.39, 0.29) is 24.0 Å². The molecule has 2 heterocycles. The number of halogens is 2. The molecule has 2 N–H and O–H groups in total. The Balaban J connectivity index is 0.00000364. The Morgan fingerprint density at radius 3 is 2.70 bits per heavy atom. The number of methoxy groups -OCH3 is 1. The molecule has 0 aliphatic rings. The van der Waals surface area contributed by atoms with E-state index in [1.807, 2.05) is 17.7 Å². The number of hydrogen-bond acceptors (Lipinski definition) is 4. The Hall–Kier alpha value is -1.39. The topological polar surface area (TPSA) is 76.4 Å². The Morgan fingerprint density at radius 2 is 2.07 bits per heavy atom. The summed E-state index contributed by atoms with van der Waals surface area (Å²) in [5, 5.41) is 11.8. The van der Waals surface area contributed by atoms with Crippen molar-refractivity contribution in [2.24, 2.45) is 4.99 Å². The van der Waals surface area contributed by atoms with Crippen molar-refractivity contribution in [1.82, 2.24) is 25.4 Å². The first-order valence-corrected chi connectivity index (χ1v) is 8.99. The summed E-state index contributed by atoms with van der Waals surface area (Å²) in [5.74, 6) is 0.760. The zero-order chi connectivity index (χ0) is 18.9. The van der Waals surface area contributed by atoms with Crippen molar-refractivity contribution in [2.45, 2.75) is 33.4 Å². The van der Waals surface area contributed by atoms with Gasteiger partial charge in [0.1, 0.15) is 5.15 Å². The van der Waals surface area contributed by atoms with E-state index in [1.54, 1.807) is 26.4 Å². The maximum absolute atomic E-state index is 5.80. The number of aromatic nitrogens is 3. The molecule has 2 rings (SSSR count). The van der Waals surface area contributed by atoms with E-state index < -0.39 is 0 Å². The lowest BCUT2D eigenvalue weighted by atomic mass is 10.2. The van der Waals surface area contributed by atoms with Crippen LogP contribution in [0.25, 0.3) is 0 Å². The quantitative estimate of drug-likeness (QED) is 0.249. The predicted molar refractivity (Wildman–Crippen MR) is 120 cm³/mol. The van der Waals surface area contributed by atoms with E-state index in [9.17, 15) is 0 Å². The molecule has 0 unspecified atom stereocenters. The van der Waals surface area contributed by atoms with Gasteiger partial charge >= 0.3 is 0 Å². The van der Waals surface area contributed by atoms with Gasteiger partial charge in [0.25, 0.3) is 0 Å². The van der Waals surface area contributed by atoms with Crippen molar-refractivity contribution < 1.29 is 4.74 Å². The number of guanidine groups is 1. The zero-order valence-corrected chi connectivity index (χ0v) is 19.3. The van der Waals surface area contributed by atoms with E-state index in [0.717, 1.165) is 42.4 Å². The van der Waals surface area contributed by atoms with Crippen molar-refractivity contribution >= 4 is 41.5 Å². The zero-order valence-electron chi connectivity index (χ0n) is 16.3. The normalized spacial score (nSPS) is 11.2. The molecule has 0 atom stereocenters. The number of pyridine rings is 1. The van der Waals surface area contributed by atoms with Gasteiger partial charge in [-0.05, 0) is 31.9 Å². The van der Waals surface area contributed by atoms with Crippen LogP contribution in [0.3, 0.4) is 0 Å². The average Bonchev–Trinajstić information content (AvgIpc) is 2.91. The summed E-state index contributed by atoms with van der Waals surface area (Å²) < 4.78 is 7.12. The standard InChI is InChI=1S/C18H27ClN6O.HI/c1-13-16(14(2)25(24-13)9-10-26-4)12-23-18(20-3)21-8-7-15-5-6-17(19)22-11-15;/h5-6,11H,7-10,12H2,1-4H3,(H2,20,21,23);1H. The molecule has 9 heteroatoms. The second-order valence-electron chi connectivity index (χ2n) is 5.96. The molecule has 0 saturated heterocycles. The van der Waals surface area contributed by atoms with E-state index >= 15 is 0 Å². The average molecular weight is 507 g/mol. The van der Waals surface area contributed by atoms with Crippen LogP contribution in [-0.2, 0) is 24.2 Å². The highest BCUT2D eigenvalue weighted by molar-refractivity contribution is 14.0. The Kier molecular flexibility index (Phi) is 10.6. The first kappa shape index (κ1) is 23.6. The van der Waals surface area contributed by atoms with Crippen LogP contribution in [0.15, 0.2) is 23.3 Å². The molecule has 2 aromatic heterocycles. The SMILES string of the molecule is CN=C(NCCc1ccc(Cl)nc1)NCc1c(C)nn(CCOC)c1C.I. The summed E-state index contributed by atoms with van der Waals surface area (Å²) in [7, 11) is 3.46. The maximum Gasteiger partial charge on any atom is 0.191 e. The first-order chi connectivity index (χ1) is 12.5. The fraction of sp³-hybridized carbons (Fsp3) is 0.500. The summed E-state index contributed by atoms with van der Waals surface area (Å²) in [5.41, 5.74) is 4.48. The summed E-state index contributed by atoms with van der Waals surface area (Å²) in [6.45, 7) is 6.94. The highest BCUT2D eigenvalue weighted by Crippen LogP contribution is 2.12. The van der Waals surface area contributed by atoms with Crippen LogP contribution in [0.1, 0.15) is 22.5 Å². The summed E-state index contributed by atoms with van der Waals surface area (Å²) in [4.78, 5) is 8.36. The van der Waals surface area contributed by atoms with Gasteiger partial charge < -0.3 is 15.4 Å². The number of aliphatic imine (C=N–C) groups is 1. The van der Waals surface area contributed by atoms with Crippen molar-refractivity contribution in [3.8, 4) is 0 Å². The Labute approximate surface area is 183 Å². The highest BCUT2D eigenvalue weighted by Gasteiger charge is 2.11. The van der Waals surface area contributed by atoms with Crippen LogP contribution >= 0.6 is 35.6 Å². The van der Waals surface area contributed by atoms with Crippen LogP contribution in [0.4, 0.5) is 0 Å². The molecule has 0 fully saturated rings. The predicted octanol–water partition coefficient (Wildman–Crippen LogP) is 2.72. The molecule has 0 aromatic carbocycles. The van der Waals surface area contributed by atoms with Gasteiger partial charge in [-0.1, -0.05) is 17.7 Å². The fourth-order valence-corrected chi connectivity index (χ4v) is 2.77. The molecule has 150 valence electrons. The lowest BCUT2D eigenvalue weighted by molar-refractivity contribution is 0.182. The lowest BCUT2D eigenvalue weighted by Crippen LogP contribution is -2.38. The Morgan fingerprint density at radius 1 is 1.30 bits per heavy atom. The lowest BCUT2D eigenvalue weighted by Gasteiger charge is -2.12. The summed E-state index contributed by atoms with van der Waals surface area (Å²) in [6.07, 6.45) is 2.64. The first-order valence-electron chi connectivity index (χ1n) is 8.62. The van der Waals surface area contributed by atoms with Crippen LogP contribution in [0.5, 0.6) is 0 Å². The van der Waals surface area contributed by atoms with Gasteiger partial charge in [-0.15, -0.1) is 24.0 Å².